The monoisotopic (exact) mass is 186 g/mol. The smallest absolute Gasteiger partial charge is 0.0755 e. The number of rotatable bonds is 0. The number of pyridine rings is 1. The van der Waals surface area contributed by atoms with Gasteiger partial charge in [0.2, 0.25) is 0 Å². The van der Waals surface area contributed by atoms with Crippen LogP contribution in [0, 0.1) is 20.8 Å². The highest BCUT2D eigenvalue weighted by Gasteiger charge is 2.04. The van der Waals surface area contributed by atoms with Gasteiger partial charge in [-0.15, -0.1) is 0 Å². The summed E-state index contributed by atoms with van der Waals surface area (Å²) < 4.78 is 0. The fraction of sp³-hybridized carbons (Fsp3) is 0.250. The number of nitrogen functional groups attached to an aromatic ring is 1. The van der Waals surface area contributed by atoms with Crippen molar-refractivity contribution in [2.75, 3.05) is 5.73 Å². The molecule has 2 N–H and O–H groups in total. The van der Waals surface area contributed by atoms with Crippen LogP contribution in [0.15, 0.2) is 18.2 Å². The molecule has 0 amide bonds. The van der Waals surface area contributed by atoms with Crippen LogP contribution in [0.2, 0.25) is 0 Å². The van der Waals surface area contributed by atoms with Crippen molar-refractivity contribution in [2.45, 2.75) is 20.8 Å². The first kappa shape index (κ1) is 9.00. The van der Waals surface area contributed by atoms with Gasteiger partial charge in [0.25, 0.3) is 0 Å². The van der Waals surface area contributed by atoms with E-state index in [0.29, 0.717) is 0 Å². The van der Waals surface area contributed by atoms with Crippen molar-refractivity contribution in [2.24, 2.45) is 0 Å². The number of fused-ring (bicyclic) bond motifs is 1. The summed E-state index contributed by atoms with van der Waals surface area (Å²) in [4.78, 5) is 4.56. The van der Waals surface area contributed by atoms with Crippen molar-refractivity contribution in [1.29, 1.82) is 0 Å². The van der Waals surface area contributed by atoms with Crippen molar-refractivity contribution in [3.8, 4) is 0 Å². The Balaban J connectivity index is 2.94. The quantitative estimate of drug-likeness (QED) is 0.642. The second-order valence-electron chi connectivity index (χ2n) is 3.76. The van der Waals surface area contributed by atoms with Crippen LogP contribution in [0.3, 0.4) is 0 Å². The predicted octanol–water partition coefficient (Wildman–Crippen LogP) is 2.74. The normalized spacial score (nSPS) is 10.8. The van der Waals surface area contributed by atoms with E-state index < -0.39 is 0 Å². The molecule has 0 aliphatic carbocycles. The van der Waals surface area contributed by atoms with Crippen LogP contribution in [-0.4, -0.2) is 4.98 Å². The second-order valence-corrected chi connectivity index (χ2v) is 3.76. The van der Waals surface area contributed by atoms with Crippen LogP contribution < -0.4 is 5.73 Å². The standard InChI is InChI=1S/C12H14N2/c1-7-4-5-11(13)10-6-8(2)9(3)14-12(7)10/h4-6H,13H2,1-3H3. The maximum atomic E-state index is 5.90. The molecular weight excluding hydrogens is 172 g/mol. The molecule has 2 rings (SSSR count). The van der Waals surface area contributed by atoms with Gasteiger partial charge in [0.05, 0.1) is 5.52 Å². The molecule has 72 valence electrons. The fourth-order valence-electron chi connectivity index (χ4n) is 1.61. The van der Waals surface area contributed by atoms with Crippen LogP contribution in [0.4, 0.5) is 5.69 Å². The summed E-state index contributed by atoms with van der Waals surface area (Å²) in [6.45, 7) is 6.14. The summed E-state index contributed by atoms with van der Waals surface area (Å²) in [7, 11) is 0. The zero-order valence-corrected chi connectivity index (χ0v) is 8.76. The lowest BCUT2D eigenvalue weighted by Gasteiger charge is -2.07. The first-order valence-corrected chi connectivity index (χ1v) is 4.72. The molecule has 0 spiro atoms. The lowest BCUT2D eigenvalue weighted by atomic mass is 10.1. The second kappa shape index (κ2) is 2.98. The summed E-state index contributed by atoms with van der Waals surface area (Å²) in [6, 6.07) is 6.06. The molecule has 0 saturated heterocycles. The van der Waals surface area contributed by atoms with Crippen LogP contribution >= 0.6 is 0 Å². The van der Waals surface area contributed by atoms with E-state index in [1.807, 2.05) is 19.1 Å². The van der Waals surface area contributed by atoms with Gasteiger partial charge in [-0.05, 0) is 44.0 Å². The van der Waals surface area contributed by atoms with Gasteiger partial charge >= 0.3 is 0 Å². The van der Waals surface area contributed by atoms with Crippen molar-refractivity contribution >= 4 is 16.6 Å². The molecule has 0 saturated carbocycles. The van der Waals surface area contributed by atoms with E-state index in [-0.39, 0.29) is 0 Å². The van der Waals surface area contributed by atoms with Crippen molar-refractivity contribution in [1.82, 2.24) is 4.98 Å². The molecule has 0 fully saturated rings. The molecule has 0 aliphatic rings. The summed E-state index contributed by atoms with van der Waals surface area (Å²) in [6.07, 6.45) is 0. The van der Waals surface area contributed by atoms with Crippen molar-refractivity contribution in [3.05, 3.63) is 35.0 Å². The number of nitrogens with two attached hydrogens (primary N) is 1. The molecule has 2 nitrogen and oxygen atoms in total. The van der Waals surface area contributed by atoms with Gasteiger partial charge in [-0.3, -0.25) is 4.98 Å². The van der Waals surface area contributed by atoms with E-state index in [4.69, 9.17) is 5.73 Å². The lowest BCUT2D eigenvalue weighted by Crippen LogP contribution is -1.94. The summed E-state index contributed by atoms with van der Waals surface area (Å²) in [5, 5.41) is 1.06. The van der Waals surface area contributed by atoms with Crippen LogP contribution in [0.5, 0.6) is 0 Å². The molecule has 0 unspecified atom stereocenters. The Morgan fingerprint density at radius 1 is 1.07 bits per heavy atom. The molecule has 14 heavy (non-hydrogen) atoms. The maximum Gasteiger partial charge on any atom is 0.0755 e. The molecule has 2 aromatic rings. The van der Waals surface area contributed by atoms with E-state index in [2.05, 4.69) is 24.9 Å². The van der Waals surface area contributed by atoms with Gasteiger partial charge < -0.3 is 5.73 Å². The summed E-state index contributed by atoms with van der Waals surface area (Å²) in [5.41, 5.74) is 11.2. The predicted molar refractivity (Wildman–Crippen MR) is 60.4 cm³/mol. The van der Waals surface area contributed by atoms with E-state index in [1.165, 1.54) is 11.1 Å². The van der Waals surface area contributed by atoms with E-state index >= 15 is 0 Å². The average molecular weight is 186 g/mol. The lowest BCUT2D eigenvalue weighted by molar-refractivity contribution is 1.19. The SMILES string of the molecule is Cc1cc2c(N)ccc(C)c2nc1C. The highest BCUT2D eigenvalue weighted by molar-refractivity contribution is 5.92. The third kappa shape index (κ3) is 1.23. The summed E-state index contributed by atoms with van der Waals surface area (Å²) in [5.74, 6) is 0. The van der Waals surface area contributed by atoms with Crippen LogP contribution in [-0.2, 0) is 0 Å². The average Bonchev–Trinajstić information content (AvgIpc) is 2.15. The third-order valence-corrected chi connectivity index (χ3v) is 2.66. The minimum atomic E-state index is 0.807. The topological polar surface area (TPSA) is 38.9 Å². The Bertz CT molecular complexity index is 455. The first-order chi connectivity index (χ1) is 6.59. The number of nitrogens with zero attached hydrogens (tertiary/aromatic N) is 1. The Labute approximate surface area is 83.8 Å². The highest BCUT2D eigenvalue weighted by atomic mass is 14.7. The first-order valence-electron chi connectivity index (χ1n) is 4.72. The van der Waals surface area contributed by atoms with Gasteiger partial charge in [-0.2, -0.15) is 0 Å². The Kier molecular flexibility index (Phi) is 1.92. The zero-order valence-electron chi connectivity index (χ0n) is 8.76. The molecular formula is C12H14N2. The molecule has 0 bridgehead atoms. The molecule has 0 aliphatic heterocycles. The van der Waals surface area contributed by atoms with Crippen LogP contribution in [0.25, 0.3) is 10.9 Å². The van der Waals surface area contributed by atoms with E-state index in [1.54, 1.807) is 0 Å². The Morgan fingerprint density at radius 3 is 2.50 bits per heavy atom. The molecule has 1 aromatic heterocycles. The largest absolute Gasteiger partial charge is 0.398 e. The number of hydrogen-bond donors (Lipinski definition) is 1. The Hall–Kier alpha value is -1.57. The number of hydrogen-bond acceptors (Lipinski definition) is 2. The Morgan fingerprint density at radius 2 is 1.79 bits per heavy atom. The minimum Gasteiger partial charge on any atom is -0.398 e. The molecule has 1 heterocycles. The molecule has 1 aromatic carbocycles. The fourth-order valence-corrected chi connectivity index (χ4v) is 1.61. The zero-order chi connectivity index (χ0) is 10.3. The van der Waals surface area contributed by atoms with Gasteiger partial charge in [-0.1, -0.05) is 6.07 Å². The minimum absolute atomic E-state index is 0.807. The van der Waals surface area contributed by atoms with Crippen molar-refractivity contribution < 1.29 is 0 Å². The molecule has 0 atom stereocenters. The number of anilines is 1. The van der Waals surface area contributed by atoms with Gasteiger partial charge in [-0.25, -0.2) is 0 Å². The van der Waals surface area contributed by atoms with Crippen molar-refractivity contribution in [3.63, 3.8) is 0 Å². The number of aromatic nitrogens is 1. The van der Waals surface area contributed by atoms with Gasteiger partial charge in [0.1, 0.15) is 0 Å². The highest BCUT2D eigenvalue weighted by Crippen LogP contribution is 2.24. The van der Waals surface area contributed by atoms with Gasteiger partial charge in [0, 0.05) is 16.8 Å². The number of aryl methyl sites for hydroxylation is 3. The molecule has 2 heteroatoms. The van der Waals surface area contributed by atoms with E-state index in [0.717, 1.165) is 22.3 Å². The van der Waals surface area contributed by atoms with Crippen LogP contribution in [0.1, 0.15) is 16.8 Å². The molecule has 0 radical (unpaired) electrons. The van der Waals surface area contributed by atoms with Gasteiger partial charge in [0.15, 0.2) is 0 Å². The summed E-state index contributed by atoms with van der Waals surface area (Å²) >= 11 is 0. The van der Waals surface area contributed by atoms with E-state index in [9.17, 15) is 0 Å². The third-order valence-electron chi connectivity index (χ3n) is 2.66. The number of benzene rings is 1. The maximum absolute atomic E-state index is 5.90.